The molecule has 0 aromatic carbocycles. The van der Waals surface area contributed by atoms with Crippen LogP contribution in [0.4, 0.5) is 0 Å². The second-order valence-electron chi connectivity index (χ2n) is 4.64. The van der Waals surface area contributed by atoms with Gasteiger partial charge in [0.2, 0.25) is 0 Å². The summed E-state index contributed by atoms with van der Waals surface area (Å²) >= 11 is 1.32. The van der Waals surface area contributed by atoms with Crippen LogP contribution in [0.1, 0.15) is 27.9 Å². The van der Waals surface area contributed by atoms with E-state index in [2.05, 4.69) is 18.8 Å². The molecular formula is C14H17NO3S. The van der Waals surface area contributed by atoms with Gasteiger partial charge in [0.15, 0.2) is 0 Å². The SMILES string of the molecule is CC1CCN(C(=O)c2ccc(C#CCO)s2)C1CO. The molecule has 2 unspecified atom stereocenters. The molecule has 0 radical (unpaired) electrons. The van der Waals surface area contributed by atoms with Crippen LogP contribution in [-0.4, -0.2) is 46.8 Å². The molecule has 1 aliphatic heterocycles. The van der Waals surface area contributed by atoms with Crippen molar-refractivity contribution in [1.29, 1.82) is 0 Å². The van der Waals surface area contributed by atoms with E-state index < -0.39 is 0 Å². The van der Waals surface area contributed by atoms with Crippen LogP contribution in [0, 0.1) is 17.8 Å². The molecule has 1 saturated heterocycles. The molecule has 2 heterocycles. The third kappa shape index (κ3) is 2.98. The first-order valence-electron chi connectivity index (χ1n) is 6.28. The Bertz CT molecular complexity index is 514. The molecule has 5 heteroatoms. The highest BCUT2D eigenvalue weighted by molar-refractivity contribution is 7.14. The van der Waals surface area contributed by atoms with Crippen molar-refractivity contribution < 1.29 is 15.0 Å². The summed E-state index contributed by atoms with van der Waals surface area (Å²) in [6, 6.07) is 3.46. The normalized spacial score (nSPS) is 22.2. The molecule has 4 nitrogen and oxygen atoms in total. The van der Waals surface area contributed by atoms with Gasteiger partial charge in [-0.2, -0.15) is 0 Å². The number of nitrogens with zero attached hydrogens (tertiary/aromatic N) is 1. The first kappa shape index (κ1) is 14.1. The van der Waals surface area contributed by atoms with E-state index in [1.54, 1.807) is 17.0 Å². The van der Waals surface area contributed by atoms with Gasteiger partial charge in [-0.15, -0.1) is 11.3 Å². The van der Waals surface area contributed by atoms with Gasteiger partial charge in [-0.3, -0.25) is 4.79 Å². The summed E-state index contributed by atoms with van der Waals surface area (Å²) in [5, 5.41) is 18.0. The molecule has 1 fully saturated rings. The van der Waals surface area contributed by atoms with E-state index in [-0.39, 0.29) is 25.2 Å². The Morgan fingerprint density at radius 1 is 1.53 bits per heavy atom. The zero-order valence-electron chi connectivity index (χ0n) is 10.8. The van der Waals surface area contributed by atoms with Crippen molar-refractivity contribution in [3.8, 4) is 11.8 Å². The van der Waals surface area contributed by atoms with Crippen molar-refractivity contribution in [2.45, 2.75) is 19.4 Å². The minimum Gasteiger partial charge on any atom is -0.394 e. The van der Waals surface area contributed by atoms with E-state index in [0.717, 1.165) is 11.3 Å². The monoisotopic (exact) mass is 279 g/mol. The van der Waals surface area contributed by atoms with Crippen LogP contribution in [0.2, 0.25) is 0 Å². The number of hydrogen-bond donors (Lipinski definition) is 2. The van der Waals surface area contributed by atoms with Gasteiger partial charge in [-0.1, -0.05) is 18.8 Å². The number of hydrogen-bond acceptors (Lipinski definition) is 4. The Balaban J connectivity index is 2.13. The molecule has 1 amide bonds. The topological polar surface area (TPSA) is 60.8 Å². The maximum Gasteiger partial charge on any atom is 0.264 e. The van der Waals surface area contributed by atoms with E-state index in [4.69, 9.17) is 5.11 Å². The lowest BCUT2D eigenvalue weighted by molar-refractivity contribution is 0.0653. The maximum atomic E-state index is 12.4. The lowest BCUT2D eigenvalue weighted by Gasteiger charge is -2.24. The summed E-state index contributed by atoms with van der Waals surface area (Å²) in [5.41, 5.74) is 0. The Kier molecular flexibility index (Phi) is 4.59. The summed E-state index contributed by atoms with van der Waals surface area (Å²) in [5.74, 6) is 5.66. The first-order chi connectivity index (χ1) is 9.17. The lowest BCUT2D eigenvalue weighted by atomic mass is 10.0. The van der Waals surface area contributed by atoms with Crippen molar-refractivity contribution in [3.05, 3.63) is 21.9 Å². The van der Waals surface area contributed by atoms with Gasteiger partial charge in [-0.05, 0) is 24.5 Å². The van der Waals surface area contributed by atoms with Crippen molar-refractivity contribution in [1.82, 2.24) is 4.90 Å². The van der Waals surface area contributed by atoms with Crippen molar-refractivity contribution in [2.24, 2.45) is 5.92 Å². The Hall–Kier alpha value is -1.35. The Morgan fingerprint density at radius 2 is 2.32 bits per heavy atom. The fourth-order valence-electron chi connectivity index (χ4n) is 2.33. The largest absolute Gasteiger partial charge is 0.394 e. The maximum absolute atomic E-state index is 12.4. The van der Waals surface area contributed by atoms with Gasteiger partial charge in [0.25, 0.3) is 5.91 Å². The third-order valence-corrected chi connectivity index (χ3v) is 4.43. The molecule has 1 aliphatic rings. The van der Waals surface area contributed by atoms with E-state index in [1.165, 1.54) is 11.3 Å². The lowest BCUT2D eigenvalue weighted by Crippen LogP contribution is -2.39. The van der Waals surface area contributed by atoms with Crippen molar-refractivity contribution >= 4 is 17.2 Å². The number of thiophene rings is 1. The average molecular weight is 279 g/mol. The minimum absolute atomic E-state index is 0.00938. The van der Waals surface area contributed by atoms with E-state index in [1.807, 2.05) is 0 Å². The number of aliphatic hydroxyl groups excluding tert-OH is 2. The highest BCUT2D eigenvalue weighted by atomic mass is 32.1. The van der Waals surface area contributed by atoms with Gasteiger partial charge < -0.3 is 15.1 Å². The van der Waals surface area contributed by atoms with Gasteiger partial charge in [-0.25, -0.2) is 0 Å². The highest BCUT2D eigenvalue weighted by Crippen LogP contribution is 2.27. The number of rotatable bonds is 2. The van der Waals surface area contributed by atoms with Crippen LogP contribution in [0.15, 0.2) is 12.1 Å². The molecular weight excluding hydrogens is 262 g/mol. The number of aliphatic hydroxyl groups is 2. The van der Waals surface area contributed by atoms with Crippen LogP contribution in [-0.2, 0) is 0 Å². The average Bonchev–Trinajstić information content (AvgIpc) is 3.02. The molecule has 1 aromatic rings. The van der Waals surface area contributed by atoms with E-state index in [0.29, 0.717) is 17.3 Å². The summed E-state index contributed by atoms with van der Waals surface area (Å²) in [6.07, 6.45) is 0.930. The Morgan fingerprint density at radius 3 is 3.00 bits per heavy atom. The van der Waals surface area contributed by atoms with E-state index >= 15 is 0 Å². The highest BCUT2D eigenvalue weighted by Gasteiger charge is 2.34. The first-order valence-corrected chi connectivity index (χ1v) is 7.10. The van der Waals surface area contributed by atoms with Gasteiger partial charge in [0.1, 0.15) is 6.61 Å². The molecule has 0 saturated carbocycles. The molecule has 0 aliphatic carbocycles. The number of carbonyl (C=O) groups excluding carboxylic acids is 1. The zero-order chi connectivity index (χ0) is 13.8. The van der Waals surface area contributed by atoms with Crippen LogP contribution in [0.3, 0.4) is 0 Å². The van der Waals surface area contributed by atoms with Crippen molar-refractivity contribution in [2.75, 3.05) is 19.8 Å². The fourth-order valence-corrected chi connectivity index (χ4v) is 3.16. The predicted octanol–water partition coefficient (Wildman–Crippen LogP) is 0.935. The molecule has 2 rings (SSSR count). The smallest absolute Gasteiger partial charge is 0.264 e. The molecule has 19 heavy (non-hydrogen) atoms. The van der Waals surface area contributed by atoms with Gasteiger partial charge in [0, 0.05) is 6.54 Å². The van der Waals surface area contributed by atoms with E-state index in [9.17, 15) is 9.90 Å². The second kappa shape index (κ2) is 6.20. The minimum atomic E-state index is -0.183. The molecule has 102 valence electrons. The number of amides is 1. The zero-order valence-corrected chi connectivity index (χ0v) is 11.6. The number of likely N-dealkylation sites (tertiary alicyclic amines) is 1. The Labute approximate surface area is 116 Å². The van der Waals surface area contributed by atoms with Crippen LogP contribution >= 0.6 is 11.3 Å². The number of carbonyl (C=O) groups is 1. The summed E-state index contributed by atoms with van der Waals surface area (Å²) in [6.45, 7) is 2.58. The van der Waals surface area contributed by atoms with Crippen molar-refractivity contribution in [3.63, 3.8) is 0 Å². The molecule has 2 atom stereocenters. The van der Waals surface area contributed by atoms with Gasteiger partial charge >= 0.3 is 0 Å². The fraction of sp³-hybridized carbons (Fsp3) is 0.500. The van der Waals surface area contributed by atoms with Crippen LogP contribution in [0.5, 0.6) is 0 Å². The summed E-state index contributed by atoms with van der Waals surface area (Å²) < 4.78 is 0. The third-order valence-electron chi connectivity index (χ3n) is 3.44. The molecule has 1 aromatic heterocycles. The van der Waals surface area contributed by atoms with Crippen LogP contribution < -0.4 is 0 Å². The summed E-state index contributed by atoms with van der Waals surface area (Å²) in [4.78, 5) is 15.5. The molecule has 0 spiro atoms. The standard InChI is InChI=1S/C14H17NO3S/c1-10-6-7-15(12(10)9-17)14(18)13-5-4-11(19-13)3-2-8-16/h4-5,10,12,16-17H,6-9H2,1H3. The molecule has 2 N–H and O–H groups in total. The predicted molar refractivity (Wildman–Crippen MR) is 74.0 cm³/mol. The molecule has 0 bridgehead atoms. The van der Waals surface area contributed by atoms with Crippen LogP contribution in [0.25, 0.3) is 0 Å². The van der Waals surface area contributed by atoms with Gasteiger partial charge in [0.05, 0.1) is 22.4 Å². The second-order valence-corrected chi connectivity index (χ2v) is 5.72. The summed E-state index contributed by atoms with van der Waals surface area (Å²) in [7, 11) is 0. The quantitative estimate of drug-likeness (QED) is 0.792.